The minimum Gasteiger partial charge on any atom is -0.302 e. The van der Waals surface area contributed by atoms with Gasteiger partial charge in [-0.05, 0) is 31.0 Å². The number of nitrogens with zero attached hydrogens (tertiary/aromatic N) is 1. The van der Waals surface area contributed by atoms with E-state index in [2.05, 4.69) is 60.5 Å². The molecule has 1 N–H and O–H groups in total. The summed E-state index contributed by atoms with van der Waals surface area (Å²) >= 11 is 0. The first kappa shape index (κ1) is 13.8. The summed E-state index contributed by atoms with van der Waals surface area (Å²) in [6.07, 6.45) is 4.16. The molecule has 2 rings (SSSR count). The number of benzene rings is 1. The molecule has 0 aliphatic rings. The molecule has 2 unspecified atom stereocenters. The van der Waals surface area contributed by atoms with Gasteiger partial charge in [0.25, 0.3) is 0 Å². The molecule has 0 aliphatic heterocycles. The quantitative estimate of drug-likeness (QED) is 0.832. The highest BCUT2D eigenvalue weighted by atomic mass is 15.0. The van der Waals surface area contributed by atoms with Gasteiger partial charge in [-0.1, -0.05) is 49.7 Å². The molecule has 1 aromatic carbocycles. The average Bonchev–Trinajstić information content (AvgIpc) is 2.48. The van der Waals surface area contributed by atoms with Crippen LogP contribution < -0.4 is 5.32 Å². The maximum Gasteiger partial charge on any atom is 0.0570 e. The number of hydrogen-bond acceptors (Lipinski definition) is 2. The molecule has 2 aromatic rings. The lowest BCUT2D eigenvalue weighted by atomic mass is 10.0. The number of rotatable bonds is 6. The van der Waals surface area contributed by atoms with E-state index in [9.17, 15) is 0 Å². The van der Waals surface area contributed by atoms with Crippen molar-refractivity contribution in [2.75, 3.05) is 0 Å². The van der Waals surface area contributed by atoms with Crippen molar-refractivity contribution in [1.29, 1.82) is 0 Å². The molecule has 0 saturated carbocycles. The minimum atomic E-state index is 0.262. The average molecular weight is 254 g/mol. The van der Waals surface area contributed by atoms with Crippen molar-refractivity contribution < 1.29 is 0 Å². The van der Waals surface area contributed by atoms with E-state index >= 15 is 0 Å². The zero-order valence-corrected chi connectivity index (χ0v) is 11.7. The molecule has 19 heavy (non-hydrogen) atoms. The van der Waals surface area contributed by atoms with Crippen LogP contribution in [0.4, 0.5) is 0 Å². The zero-order chi connectivity index (χ0) is 13.5. The molecule has 1 aromatic heterocycles. The molecular weight excluding hydrogens is 232 g/mol. The Balaban J connectivity index is 2.09. The second-order valence-corrected chi connectivity index (χ2v) is 4.89. The normalized spacial score (nSPS) is 14.0. The first-order valence-corrected chi connectivity index (χ1v) is 7.03. The van der Waals surface area contributed by atoms with Crippen LogP contribution in [0.1, 0.15) is 50.0 Å². The summed E-state index contributed by atoms with van der Waals surface area (Å²) in [6, 6.07) is 17.4. The summed E-state index contributed by atoms with van der Waals surface area (Å²) in [4.78, 5) is 4.42. The zero-order valence-electron chi connectivity index (χ0n) is 11.7. The third-order valence-electron chi connectivity index (χ3n) is 3.36. The molecular formula is C17H22N2. The highest BCUT2D eigenvalue weighted by molar-refractivity contribution is 5.19. The fourth-order valence-electron chi connectivity index (χ4n) is 2.34. The van der Waals surface area contributed by atoms with Crippen LogP contribution in [-0.2, 0) is 0 Å². The van der Waals surface area contributed by atoms with Crippen molar-refractivity contribution in [2.45, 2.75) is 38.8 Å². The van der Waals surface area contributed by atoms with Crippen LogP contribution in [0.3, 0.4) is 0 Å². The van der Waals surface area contributed by atoms with Crippen LogP contribution in [0.15, 0.2) is 54.7 Å². The molecule has 100 valence electrons. The molecule has 0 bridgehead atoms. The van der Waals surface area contributed by atoms with Gasteiger partial charge < -0.3 is 5.32 Å². The van der Waals surface area contributed by atoms with Gasteiger partial charge in [-0.25, -0.2) is 0 Å². The Morgan fingerprint density at radius 3 is 2.42 bits per heavy atom. The van der Waals surface area contributed by atoms with Crippen molar-refractivity contribution in [3.63, 3.8) is 0 Å². The summed E-state index contributed by atoms with van der Waals surface area (Å²) in [5, 5.41) is 3.69. The van der Waals surface area contributed by atoms with Gasteiger partial charge in [-0.2, -0.15) is 0 Å². The van der Waals surface area contributed by atoms with Crippen LogP contribution in [0.2, 0.25) is 0 Å². The van der Waals surface area contributed by atoms with E-state index in [1.54, 1.807) is 0 Å². The van der Waals surface area contributed by atoms with E-state index in [1.165, 1.54) is 12.0 Å². The minimum absolute atomic E-state index is 0.262. The van der Waals surface area contributed by atoms with Crippen molar-refractivity contribution in [2.24, 2.45) is 0 Å². The van der Waals surface area contributed by atoms with Gasteiger partial charge in [0.05, 0.1) is 5.69 Å². The smallest absolute Gasteiger partial charge is 0.0570 e. The van der Waals surface area contributed by atoms with Gasteiger partial charge >= 0.3 is 0 Å². The number of hydrogen-bond donors (Lipinski definition) is 1. The first-order valence-electron chi connectivity index (χ1n) is 7.03. The number of aromatic nitrogens is 1. The van der Waals surface area contributed by atoms with Crippen LogP contribution in [-0.4, -0.2) is 4.98 Å². The van der Waals surface area contributed by atoms with Gasteiger partial charge in [0.1, 0.15) is 0 Å². The van der Waals surface area contributed by atoms with Crippen molar-refractivity contribution in [1.82, 2.24) is 10.3 Å². The second-order valence-electron chi connectivity index (χ2n) is 4.89. The van der Waals surface area contributed by atoms with Crippen LogP contribution in [0.5, 0.6) is 0 Å². The third-order valence-corrected chi connectivity index (χ3v) is 3.36. The standard InChI is InChI=1S/C17H22N2/c1-3-9-17(15-10-5-4-6-11-15)19-14(2)16-12-7-8-13-18-16/h4-8,10-14,17,19H,3,9H2,1-2H3. The molecule has 0 spiro atoms. The van der Waals surface area contributed by atoms with Crippen LogP contribution in [0, 0.1) is 0 Å². The van der Waals surface area contributed by atoms with Crippen LogP contribution >= 0.6 is 0 Å². The molecule has 2 nitrogen and oxygen atoms in total. The number of nitrogens with one attached hydrogen (secondary N) is 1. The van der Waals surface area contributed by atoms with Gasteiger partial charge in [0, 0.05) is 18.3 Å². The summed E-state index contributed by atoms with van der Waals surface area (Å²) in [7, 11) is 0. The SMILES string of the molecule is CCCC(NC(C)c1ccccn1)c1ccccc1. The Kier molecular flexibility index (Phi) is 5.10. The Hall–Kier alpha value is -1.67. The lowest BCUT2D eigenvalue weighted by molar-refractivity contribution is 0.434. The Bertz CT molecular complexity index is 467. The molecule has 2 heteroatoms. The fraction of sp³-hybridized carbons (Fsp3) is 0.353. The molecule has 0 aliphatic carbocycles. The van der Waals surface area contributed by atoms with Gasteiger partial charge in [0.2, 0.25) is 0 Å². The van der Waals surface area contributed by atoms with E-state index < -0.39 is 0 Å². The lowest BCUT2D eigenvalue weighted by Crippen LogP contribution is -2.25. The molecule has 1 heterocycles. The Morgan fingerprint density at radius 2 is 1.79 bits per heavy atom. The first-order chi connectivity index (χ1) is 9.31. The Morgan fingerprint density at radius 1 is 1.05 bits per heavy atom. The van der Waals surface area contributed by atoms with E-state index in [1.807, 2.05) is 18.3 Å². The maximum atomic E-state index is 4.42. The predicted octanol–water partition coefficient (Wildman–Crippen LogP) is 4.27. The highest BCUT2D eigenvalue weighted by Crippen LogP contribution is 2.22. The third kappa shape index (κ3) is 3.90. The second kappa shape index (κ2) is 7.05. The van der Waals surface area contributed by atoms with Crippen molar-refractivity contribution in [3.8, 4) is 0 Å². The molecule has 0 saturated heterocycles. The maximum absolute atomic E-state index is 4.42. The molecule has 0 fully saturated rings. The summed E-state index contributed by atoms with van der Waals surface area (Å²) in [5.74, 6) is 0. The van der Waals surface area contributed by atoms with Gasteiger partial charge in [-0.15, -0.1) is 0 Å². The summed E-state index contributed by atoms with van der Waals surface area (Å²) in [5.41, 5.74) is 2.45. The van der Waals surface area contributed by atoms with Crippen molar-refractivity contribution >= 4 is 0 Å². The predicted molar refractivity (Wildman–Crippen MR) is 79.9 cm³/mol. The highest BCUT2D eigenvalue weighted by Gasteiger charge is 2.14. The van der Waals surface area contributed by atoms with E-state index in [4.69, 9.17) is 0 Å². The monoisotopic (exact) mass is 254 g/mol. The van der Waals surface area contributed by atoms with E-state index in [-0.39, 0.29) is 6.04 Å². The molecule has 2 atom stereocenters. The summed E-state index contributed by atoms with van der Waals surface area (Å²) in [6.45, 7) is 4.40. The lowest BCUT2D eigenvalue weighted by Gasteiger charge is -2.23. The Labute approximate surface area is 115 Å². The van der Waals surface area contributed by atoms with E-state index in [0.29, 0.717) is 6.04 Å². The molecule has 0 radical (unpaired) electrons. The largest absolute Gasteiger partial charge is 0.302 e. The van der Waals surface area contributed by atoms with Crippen LogP contribution in [0.25, 0.3) is 0 Å². The molecule has 0 amide bonds. The fourth-order valence-corrected chi connectivity index (χ4v) is 2.34. The topological polar surface area (TPSA) is 24.9 Å². The van der Waals surface area contributed by atoms with Gasteiger partial charge in [0.15, 0.2) is 0 Å². The van der Waals surface area contributed by atoms with E-state index in [0.717, 1.165) is 12.1 Å². The number of pyridine rings is 1. The summed E-state index contributed by atoms with van der Waals surface area (Å²) < 4.78 is 0. The van der Waals surface area contributed by atoms with Crippen molar-refractivity contribution in [3.05, 3.63) is 66.0 Å². The van der Waals surface area contributed by atoms with Gasteiger partial charge in [-0.3, -0.25) is 4.98 Å².